The molecule has 3 nitrogen and oxygen atoms in total. The van der Waals surface area contributed by atoms with Crippen molar-refractivity contribution >= 4 is 11.3 Å². The van der Waals surface area contributed by atoms with Crippen molar-refractivity contribution < 1.29 is 0 Å². The molecule has 1 unspecified atom stereocenters. The Morgan fingerprint density at radius 1 is 1.57 bits per heavy atom. The van der Waals surface area contributed by atoms with E-state index in [4.69, 9.17) is 5.73 Å². The molecule has 2 aromatic heterocycles. The van der Waals surface area contributed by atoms with Gasteiger partial charge in [-0.1, -0.05) is 0 Å². The minimum absolute atomic E-state index is 0.00537. The van der Waals surface area contributed by atoms with E-state index in [1.54, 1.807) is 16.0 Å². The molecule has 14 heavy (non-hydrogen) atoms. The molecule has 2 heterocycles. The van der Waals surface area contributed by atoms with Gasteiger partial charge in [-0.2, -0.15) is 16.4 Å². The molecule has 74 valence electrons. The second kappa shape index (κ2) is 3.94. The van der Waals surface area contributed by atoms with Gasteiger partial charge in [0, 0.05) is 13.2 Å². The Labute approximate surface area is 87.2 Å². The highest BCUT2D eigenvalue weighted by Gasteiger charge is 2.09. The predicted molar refractivity (Wildman–Crippen MR) is 58.2 cm³/mol. The van der Waals surface area contributed by atoms with Crippen LogP contribution in [0.3, 0.4) is 0 Å². The fourth-order valence-corrected chi connectivity index (χ4v) is 2.08. The van der Waals surface area contributed by atoms with Gasteiger partial charge in [0.1, 0.15) is 0 Å². The zero-order valence-corrected chi connectivity index (χ0v) is 8.87. The van der Waals surface area contributed by atoms with Crippen LogP contribution in [-0.2, 0) is 13.5 Å². The highest BCUT2D eigenvalue weighted by molar-refractivity contribution is 7.07. The first-order valence-corrected chi connectivity index (χ1v) is 5.46. The molecule has 0 aliphatic heterocycles. The Hall–Kier alpha value is -1.13. The molecule has 0 saturated carbocycles. The first-order chi connectivity index (χ1) is 6.75. The van der Waals surface area contributed by atoms with Crippen molar-refractivity contribution in [3.63, 3.8) is 0 Å². The average Bonchev–Trinajstić information content (AvgIpc) is 2.75. The number of hydrogen-bond acceptors (Lipinski definition) is 3. The van der Waals surface area contributed by atoms with Crippen molar-refractivity contribution in [2.75, 3.05) is 0 Å². The maximum Gasteiger partial charge on any atom is 0.0795 e. The van der Waals surface area contributed by atoms with Crippen molar-refractivity contribution in [3.8, 4) is 0 Å². The Morgan fingerprint density at radius 3 is 3.00 bits per heavy atom. The highest BCUT2D eigenvalue weighted by Crippen LogP contribution is 2.15. The number of nitrogens with zero attached hydrogens (tertiary/aromatic N) is 2. The molecule has 0 aliphatic carbocycles. The fourth-order valence-electron chi connectivity index (χ4n) is 1.40. The molecule has 0 aliphatic rings. The van der Waals surface area contributed by atoms with Gasteiger partial charge in [-0.05, 0) is 34.9 Å². The minimum Gasteiger partial charge on any atom is -0.322 e. The first-order valence-electron chi connectivity index (χ1n) is 4.52. The number of aryl methyl sites for hydroxylation is 1. The standard InChI is InChI=1S/C10H13N3S/c1-13-4-2-10(12-13)9(11)6-8-3-5-14-7-8/h2-5,7,9H,6,11H2,1H3. The monoisotopic (exact) mass is 207 g/mol. The van der Waals surface area contributed by atoms with E-state index in [1.165, 1.54) is 5.56 Å². The molecule has 0 saturated heterocycles. The summed E-state index contributed by atoms with van der Waals surface area (Å²) in [5.41, 5.74) is 8.27. The smallest absolute Gasteiger partial charge is 0.0795 e. The molecule has 0 amide bonds. The Bertz CT molecular complexity index is 391. The van der Waals surface area contributed by atoms with E-state index in [9.17, 15) is 0 Å². The first kappa shape index (κ1) is 9.43. The van der Waals surface area contributed by atoms with E-state index in [1.807, 2.05) is 19.3 Å². The van der Waals surface area contributed by atoms with Crippen molar-refractivity contribution in [1.82, 2.24) is 9.78 Å². The van der Waals surface area contributed by atoms with Crippen LogP contribution in [0, 0.1) is 0 Å². The largest absolute Gasteiger partial charge is 0.322 e. The van der Waals surface area contributed by atoms with Gasteiger partial charge in [-0.3, -0.25) is 4.68 Å². The third-order valence-corrected chi connectivity index (χ3v) is 2.88. The Balaban J connectivity index is 2.06. The lowest BCUT2D eigenvalue weighted by Crippen LogP contribution is -2.13. The summed E-state index contributed by atoms with van der Waals surface area (Å²) in [4.78, 5) is 0. The highest BCUT2D eigenvalue weighted by atomic mass is 32.1. The molecule has 0 bridgehead atoms. The van der Waals surface area contributed by atoms with Gasteiger partial charge < -0.3 is 5.73 Å². The summed E-state index contributed by atoms with van der Waals surface area (Å²) in [7, 11) is 1.90. The van der Waals surface area contributed by atoms with E-state index in [0.717, 1.165) is 12.1 Å². The van der Waals surface area contributed by atoms with Gasteiger partial charge in [-0.15, -0.1) is 0 Å². The van der Waals surface area contributed by atoms with E-state index in [-0.39, 0.29) is 6.04 Å². The van der Waals surface area contributed by atoms with Crippen LogP contribution in [-0.4, -0.2) is 9.78 Å². The second-order valence-corrected chi connectivity index (χ2v) is 4.14. The number of aromatic nitrogens is 2. The summed E-state index contributed by atoms with van der Waals surface area (Å²) in [6.07, 6.45) is 2.78. The summed E-state index contributed by atoms with van der Waals surface area (Å²) < 4.78 is 1.78. The van der Waals surface area contributed by atoms with Crippen LogP contribution in [0.25, 0.3) is 0 Å². The lowest BCUT2D eigenvalue weighted by molar-refractivity contribution is 0.658. The van der Waals surface area contributed by atoms with Crippen LogP contribution in [0.15, 0.2) is 29.1 Å². The van der Waals surface area contributed by atoms with Crippen LogP contribution in [0.1, 0.15) is 17.3 Å². The van der Waals surface area contributed by atoms with Crippen LogP contribution in [0.5, 0.6) is 0 Å². The van der Waals surface area contributed by atoms with Crippen molar-refractivity contribution in [2.45, 2.75) is 12.5 Å². The third kappa shape index (κ3) is 2.02. The summed E-state index contributed by atoms with van der Waals surface area (Å²) in [5.74, 6) is 0. The zero-order chi connectivity index (χ0) is 9.97. The number of rotatable bonds is 3. The molecular formula is C10H13N3S. The molecule has 0 aromatic carbocycles. The summed E-state index contributed by atoms with van der Waals surface area (Å²) in [6.45, 7) is 0. The van der Waals surface area contributed by atoms with Crippen molar-refractivity contribution in [2.24, 2.45) is 12.8 Å². The van der Waals surface area contributed by atoms with Gasteiger partial charge in [0.25, 0.3) is 0 Å². The predicted octanol–water partition coefficient (Wildman–Crippen LogP) is 1.72. The lowest BCUT2D eigenvalue weighted by Gasteiger charge is -2.06. The van der Waals surface area contributed by atoms with Crippen molar-refractivity contribution in [3.05, 3.63) is 40.3 Å². The Morgan fingerprint density at radius 2 is 2.43 bits per heavy atom. The maximum absolute atomic E-state index is 6.03. The molecule has 0 fully saturated rings. The molecule has 1 atom stereocenters. The quantitative estimate of drug-likeness (QED) is 0.833. The molecule has 0 spiro atoms. The molecule has 2 aromatic rings. The fraction of sp³-hybridized carbons (Fsp3) is 0.300. The molecular weight excluding hydrogens is 194 g/mol. The van der Waals surface area contributed by atoms with E-state index in [0.29, 0.717) is 0 Å². The number of hydrogen-bond donors (Lipinski definition) is 1. The normalized spacial score (nSPS) is 13.0. The van der Waals surface area contributed by atoms with Gasteiger partial charge in [0.2, 0.25) is 0 Å². The van der Waals surface area contributed by atoms with Crippen molar-refractivity contribution in [1.29, 1.82) is 0 Å². The van der Waals surface area contributed by atoms with Crippen LogP contribution in [0.2, 0.25) is 0 Å². The topological polar surface area (TPSA) is 43.8 Å². The minimum atomic E-state index is 0.00537. The van der Waals surface area contributed by atoms with E-state index in [2.05, 4.69) is 21.9 Å². The molecule has 0 radical (unpaired) electrons. The molecule has 2 N–H and O–H groups in total. The molecule has 4 heteroatoms. The SMILES string of the molecule is Cn1ccc(C(N)Cc2ccsc2)n1. The van der Waals surface area contributed by atoms with E-state index < -0.39 is 0 Å². The molecule has 2 rings (SSSR count). The number of thiophene rings is 1. The summed E-state index contributed by atoms with van der Waals surface area (Å²) in [5, 5.41) is 8.48. The van der Waals surface area contributed by atoms with Gasteiger partial charge in [0.15, 0.2) is 0 Å². The van der Waals surface area contributed by atoms with Gasteiger partial charge in [0.05, 0.1) is 11.7 Å². The lowest BCUT2D eigenvalue weighted by atomic mass is 10.1. The third-order valence-electron chi connectivity index (χ3n) is 2.15. The Kier molecular flexibility index (Phi) is 2.65. The maximum atomic E-state index is 6.03. The van der Waals surface area contributed by atoms with Crippen LogP contribution >= 0.6 is 11.3 Å². The average molecular weight is 207 g/mol. The van der Waals surface area contributed by atoms with Gasteiger partial charge in [-0.25, -0.2) is 0 Å². The van der Waals surface area contributed by atoms with E-state index >= 15 is 0 Å². The van der Waals surface area contributed by atoms with Crippen LogP contribution in [0.4, 0.5) is 0 Å². The summed E-state index contributed by atoms with van der Waals surface area (Å²) in [6, 6.07) is 4.08. The van der Waals surface area contributed by atoms with Gasteiger partial charge >= 0.3 is 0 Å². The summed E-state index contributed by atoms with van der Waals surface area (Å²) >= 11 is 1.70. The second-order valence-electron chi connectivity index (χ2n) is 3.36. The van der Waals surface area contributed by atoms with Crippen LogP contribution < -0.4 is 5.73 Å². The number of nitrogens with two attached hydrogens (primary N) is 1. The zero-order valence-electron chi connectivity index (χ0n) is 8.05.